The Hall–Kier alpha value is -1.00. The molecule has 1 amide bonds. The molecule has 1 aromatic rings. The molecule has 0 unspecified atom stereocenters. The molecule has 3 nitrogen and oxygen atoms in total. The molecule has 1 aliphatic rings. The average Bonchev–Trinajstić information content (AvgIpc) is 2.49. The van der Waals surface area contributed by atoms with E-state index in [0.29, 0.717) is 17.9 Å². The van der Waals surface area contributed by atoms with Crippen molar-refractivity contribution in [2.24, 2.45) is 0 Å². The van der Waals surface area contributed by atoms with Crippen molar-refractivity contribution in [3.63, 3.8) is 0 Å². The number of carbonyl (C=O) groups is 1. The number of carbonyl (C=O) groups excluding carboxylic acids is 1. The predicted octanol–water partition coefficient (Wildman–Crippen LogP) is 3.24. The fourth-order valence-corrected chi connectivity index (χ4v) is 3.65. The molecule has 4 heteroatoms. The summed E-state index contributed by atoms with van der Waals surface area (Å²) in [4.78, 5) is 12.3. The lowest BCUT2D eigenvalue weighted by molar-refractivity contribution is 0.0929. The number of thioether (sulfide) groups is 1. The van der Waals surface area contributed by atoms with E-state index in [1.807, 2.05) is 36.0 Å². The minimum Gasteiger partial charge on any atom is -0.380 e. The normalized spacial score (nSPS) is 22.5. The zero-order chi connectivity index (χ0) is 14.4. The molecule has 0 aromatic heterocycles. The average molecular weight is 293 g/mol. The van der Waals surface area contributed by atoms with E-state index in [2.05, 4.69) is 11.6 Å². The van der Waals surface area contributed by atoms with Gasteiger partial charge in [0.2, 0.25) is 0 Å². The maximum absolute atomic E-state index is 12.3. The molecule has 0 heterocycles. The van der Waals surface area contributed by atoms with Gasteiger partial charge < -0.3 is 10.1 Å². The fourth-order valence-electron chi connectivity index (χ4n) is 2.71. The van der Waals surface area contributed by atoms with Crippen molar-refractivity contribution in [2.45, 2.75) is 43.6 Å². The lowest BCUT2D eigenvalue weighted by atomic mass is 9.94. The SMILES string of the molecule is COCc1ccc(C(=O)N[C@@H]2CCCC[C@H]2SC)cc1. The van der Waals surface area contributed by atoms with E-state index in [-0.39, 0.29) is 5.91 Å². The van der Waals surface area contributed by atoms with Crippen LogP contribution in [0.1, 0.15) is 41.6 Å². The Morgan fingerprint density at radius 1 is 1.30 bits per heavy atom. The second-order valence-corrected chi connectivity index (χ2v) is 6.35. The topological polar surface area (TPSA) is 38.3 Å². The number of hydrogen-bond donors (Lipinski definition) is 1. The third kappa shape index (κ3) is 4.00. The first-order chi connectivity index (χ1) is 9.74. The monoisotopic (exact) mass is 293 g/mol. The summed E-state index contributed by atoms with van der Waals surface area (Å²) < 4.78 is 5.08. The van der Waals surface area contributed by atoms with Crippen LogP contribution in [0.2, 0.25) is 0 Å². The van der Waals surface area contributed by atoms with Gasteiger partial charge in [0.15, 0.2) is 0 Å². The van der Waals surface area contributed by atoms with Crippen LogP contribution in [0.15, 0.2) is 24.3 Å². The van der Waals surface area contributed by atoms with Gasteiger partial charge in [-0.3, -0.25) is 4.79 Å². The van der Waals surface area contributed by atoms with Crippen molar-refractivity contribution >= 4 is 17.7 Å². The van der Waals surface area contributed by atoms with E-state index in [1.54, 1.807) is 7.11 Å². The van der Waals surface area contributed by atoms with Crippen LogP contribution < -0.4 is 5.32 Å². The van der Waals surface area contributed by atoms with E-state index in [9.17, 15) is 4.79 Å². The maximum atomic E-state index is 12.3. The summed E-state index contributed by atoms with van der Waals surface area (Å²) in [5, 5.41) is 3.75. The molecule has 0 aliphatic heterocycles. The highest BCUT2D eigenvalue weighted by molar-refractivity contribution is 7.99. The standard InChI is InChI=1S/C16H23NO2S/c1-19-11-12-7-9-13(10-8-12)16(18)17-14-5-3-4-6-15(14)20-2/h7-10,14-15H,3-6,11H2,1-2H3,(H,17,18)/t14-,15-/m1/s1. The first kappa shape index (κ1) is 15.4. The zero-order valence-corrected chi connectivity index (χ0v) is 13.0. The summed E-state index contributed by atoms with van der Waals surface area (Å²) in [5.41, 5.74) is 1.82. The number of amides is 1. The Labute approximate surface area is 125 Å². The van der Waals surface area contributed by atoms with Crippen LogP contribution >= 0.6 is 11.8 Å². The molecule has 0 radical (unpaired) electrons. The van der Waals surface area contributed by atoms with Crippen LogP contribution in [0.3, 0.4) is 0 Å². The second kappa shape index (κ2) is 7.70. The van der Waals surface area contributed by atoms with Crippen molar-refractivity contribution in [2.75, 3.05) is 13.4 Å². The van der Waals surface area contributed by atoms with Crippen LogP contribution in [-0.4, -0.2) is 30.6 Å². The Morgan fingerprint density at radius 3 is 2.65 bits per heavy atom. The molecule has 20 heavy (non-hydrogen) atoms. The number of rotatable bonds is 5. The molecule has 1 N–H and O–H groups in total. The predicted molar refractivity (Wildman–Crippen MR) is 84.2 cm³/mol. The summed E-state index contributed by atoms with van der Waals surface area (Å²) in [5.74, 6) is 0.0416. The number of methoxy groups -OCH3 is 1. The Balaban J connectivity index is 1.96. The van der Waals surface area contributed by atoms with E-state index >= 15 is 0 Å². The minimum absolute atomic E-state index is 0.0416. The molecule has 0 saturated heterocycles. The van der Waals surface area contributed by atoms with Crippen LogP contribution in [-0.2, 0) is 11.3 Å². The van der Waals surface area contributed by atoms with Crippen molar-refractivity contribution in [3.05, 3.63) is 35.4 Å². The van der Waals surface area contributed by atoms with Gasteiger partial charge >= 0.3 is 0 Å². The Bertz CT molecular complexity index is 433. The van der Waals surface area contributed by atoms with E-state index in [4.69, 9.17) is 4.74 Å². The summed E-state index contributed by atoms with van der Waals surface area (Å²) in [7, 11) is 1.67. The third-order valence-electron chi connectivity index (χ3n) is 3.85. The van der Waals surface area contributed by atoms with E-state index in [0.717, 1.165) is 17.5 Å². The molecule has 1 aliphatic carbocycles. The lowest BCUT2D eigenvalue weighted by Gasteiger charge is -2.30. The molecular weight excluding hydrogens is 270 g/mol. The van der Waals surface area contributed by atoms with Gasteiger partial charge in [-0.05, 0) is 36.8 Å². The van der Waals surface area contributed by atoms with Crippen LogP contribution in [0, 0.1) is 0 Å². The second-order valence-electron chi connectivity index (χ2n) is 5.27. The highest BCUT2D eigenvalue weighted by Crippen LogP contribution is 2.27. The summed E-state index contributed by atoms with van der Waals surface area (Å²) in [6.07, 6.45) is 6.94. The molecule has 0 spiro atoms. The lowest BCUT2D eigenvalue weighted by Crippen LogP contribution is -2.43. The first-order valence-corrected chi connectivity index (χ1v) is 8.45. The van der Waals surface area contributed by atoms with Crippen molar-refractivity contribution in [1.82, 2.24) is 5.32 Å². The largest absolute Gasteiger partial charge is 0.380 e. The highest BCUT2D eigenvalue weighted by Gasteiger charge is 2.25. The number of ether oxygens (including phenoxy) is 1. The molecule has 2 atom stereocenters. The molecule has 1 aromatic carbocycles. The van der Waals surface area contributed by atoms with Gasteiger partial charge in [0, 0.05) is 24.0 Å². The maximum Gasteiger partial charge on any atom is 0.251 e. The van der Waals surface area contributed by atoms with Gasteiger partial charge in [-0.1, -0.05) is 25.0 Å². The summed E-state index contributed by atoms with van der Waals surface area (Å²) in [6, 6.07) is 7.96. The Kier molecular flexibility index (Phi) is 5.92. The fraction of sp³-hybridized carbons (Fsp3) is 0.562. The molecule has 0 bridgehead atoms. The molecule has 2 rings (SSSR count). The van der Waals surface area contributed by atoms with Gasteiger partial charge in [0.05, 0.1) is 6.61 Å². The third-order valence-corrected chi connectivity index (χ3v) is 5.02. The molecule has 1 saturated carbocycles. The van der Waals surface area contributed by atoms with E-state index < -0.39 is 0 Å². The number of benzene rings is 1. The molecule has 1 fully saturated rings. The van der Waals surface area contributed by atoms with Gasteiger partial charge in [-0.15, -0.1) is 0 Å². The van der Waals surface area contributed by atoms with Crippen LogP contribution in [0.5, 0.6) is 0 Å². The van der Waals surface area contributed by atoms with Crippen molar-refractivity contribution in [3.8, 4) is 0 Å². The summed E-state index contributed by atoms with van der Waals surface area (Å²) in [6.45, 7) is 0.582. The van der Waals surface area contributed by atoms with Gasteiger partial charge in [-0.25, -0.2) is 0 Å². The Morgan fingerprint density at radius 2 is 2.00 bits per heavy atom. The molecule has 110 valence electrons. The zero-order valence-electron chi connectivity index (χ0n) is 12.2. The number of hydrogen-bond acceptors (Lipinski definition) is 3. The van der Waals surface area contributed by atoms with Crippen molar-refractivity contribution < 1.29 is 9.53 Å². The van der Waals surface area contributed by atoms with Crippen molar-refractivity contribution in [1.29, 1.82) is 0 Å². The number of nitrogens with one attached hydrogen (secondary N) is 1. The van der Waals surface area contributed by atoms with Crippen LogP contribution in [0.4, 0.5) is 0 Å². The molecular formula is C16H23NO2S. The van der Waals surface area contributed by atoms with E-state index in [1.165, 1.54) is 19.3 Å². The summed E-state index contributed by atoms with van der Waals surface area (Å²) >= 11 is 1.87. The van der Waals surface area contributed by atoms with Crippen LogP contribution in [0.25, 0.3) is 0 Å². The first-order valence-electron chi connectivity index (χ1n) is 7.16. The quantitative estimate of drug-likeness (QED) is 0.905. The smallest absolute Gasteiger partial charge is 0.251 e. The van der Waals surface area contributed by atoms with Gasteiger partial charge in [-0.2, -0.15) is 11.8 Å². The van der Waals surface area contributed by atoms with Gasteiger partial charge in [0.25, 0.3) is 5.91 Å². The van der Waals surface area contributed by atoms with Gasteiger partial charge in [0.1, 0.15) is 0 Å². The highest BCUT2D eigenvalue weighted by atomic mass is 32.2. The minimum atomic E-state index is 0.0416.